The predicted molar refractivity (Wildman–Crippen MR) is 76.5 cm³/mol. The topological polar surface area (TPSA) is 71.9 Å². The van der Waals surface area contributed by atoms with E-state index in [9.17, 15) is 0 Å². The van der Waals surface area contributed by atoms with E-state index in [1.807, 2.05) is 45.0 Å². The van der Waals surface area contributed by atoms with Crippen molar-refractivity contribution in [2.75, 3.05) is 6.61 Å². The summed E-state index contributed by atoms with van der Waals surface area (Å²) in [5.41, 5.74) is 0.758. The van der Waals surface area contributed by atoms with Gasteiger partial charge in [0.2, 0.25) is 11.7 Å². The van der Waals surface area contributed by atoms with Crippen LogP contribution in [0.2, 0.25) is 0 Å². The van der Waals surface area contributed by atoms with Gasteiger partial charge in [0.15, 0.2) is 0 Å². The van der Waals surface area contributed by atoms with Gasteiger partial charge in [-0.3, -0.25) is 0 Å². The smallest absolute Gasteiger partial charge is 0.232 e. The van der Waals surface area contributed by atoms with E-state index in [0.29, 0.717) is 18.3 Å². The molecule has 1 saturated carbocycles. The molecule has 2 atom stereocenters. The molecule has 21 heavy (non-hydrogen) atoms. The highest BCUT2D eigenvalue weighted by atomic mass is 16.5. The molecule has 3 rings (SSSR count). The normalized spacial score (nSPS) is 22.6. The first-order valence-corrected chi connectivity index (χ1v) is 7.04. The molecule has 1 heterocycles. The van der Waals surface area contributed by atoms with Crippen LogP contribution >= 0.6 is 0 Å². The van der Waals surface area contributed by atoms with Crippen LogP contribution in [0.4, 0.5) is 0 Å². The lowest BCUT2D eigenvalue weighted by atomic mass is 10.1. The third kappa shape index (κ3) is 2.27. The lowest BCUT2D eigenvalue weighted by Gasteiger charge is -2.03. The first-order chi connectivity index (χ1) is 10.1. The van der Waals surface area contributed by atoms with E-state index >= 15 is 0 Å². The molecule has 0 saturated heterocycles. The standard InChI is InChI=1S/C16H17N3O2/c1-4-20-11-7-5-6-10(8-11)14-18-15(21-19-14)13-12(9-17)16(13,2)3/h5-8,12-13H,4H2,1-3H3. The molecule has 1 fully saturated rings. The molecule has 2 aromatic rings. The monoisotopic (exact) mass is 283 g/mol. The number of ether oxygens (including phenoxy) is 1. The fourth-order valence-electron chi connectivity index (χ4n) is 2.71. The Morgan fingerprint density at radius 3 is 2.90 bits per heavy atom. The summed E-state index contributed by atoms with van der Waals surface area (Å²) >= 11 is 0. The molecule has 1 aromatic carbocycles. The highest BCUT2D eigenvalue weighted by molar-refractivity contribution is 5.57. The lowest BCUT2D eigenvalue weighted by molar-refractivity contribution is 0.340. The van der Waals surface area contributed by atoms with E-state index in [-0.39, 0.29) is 17.3 Å². The molecular formula is C16H17N3O2. The fraction of sp³-hybridized carbons (Fsp3) is 0.438. The minimum Gasteiger partial charge on any atom is -0.494 e. The summed E-state index contributed by atoms with van der Waals surface area (Å²) in [5, 5.41) is 13.2. The van der Waals surface area contributed by atoms with Crippen LogP contribution in [0.5, 0.6) is 5.75 Å². The van der Waals surface area contributed by atoms with Gasteiger partial charge in [-0.25, -0.2) is 0 Å². The van der Waals surface area contributed by atoms with Gasteiger partial charge in [-0.05, 0) is 24.5 Å². The van der Waals surface area contributed by atoms with Gasteiger partial charge < -0.3 is 9.26 Å². The van der Waals surface area contributed by atoms with Gasteiger partial charge in [-0.15, -0.1) is 0 Å². The minimum absolute atomic E-state index is 0.0267. The maximum atomic E-state index is 9.14. The third-order valence-corrected chi connectivity index (χ3v) is 4.08. The quantitative estimate of drug-likeness (QED) is 0.859. The van der Waals surface area contributed by atoms with Crippen molar-refractivity contribution >= 4 is 0 Å². The number of hydrogen-bond donors (Lipinski definition) is 0. The zero-order valence-corrected chi connectivity index (χ0v) is 12.3. The Morgan fingerprint density at radius 1 is 1.43 bits per heavy atom. The molecule has 108 valence electrons. The molecule has 0 amide bonds. The van der Waals surface area contributed by atoms with E-state index in [4.69, 9.17) is 14.5 Å². The molecule has 0 aliphatic heterocycles. The molecule has 0 N–H and O–H groups in total. The molecule has 1 aliphatic rings. The number of hydrogen-bond acceptors (Lipinski definition) is 5. The van der Waals surface area contributed by atoms with Gasteiger partial charge in [-0.2, -0.15) is 10.2 Å². The van der Waals surface area contributed by atoms with Gasteiger partial charge in [0.1, 0.15) is 5.75 Å². The lowest BCUT2D eigenvalue weighted by Crippen LogP contribution is -1.92. The number of nitriles is 1. The van der Waals surface area contributed by atoms with Crippen molar-refractivity contribution in [3.63, 3.8) is 0 Å². The second-order valence-electron chi connectivity index (χ2n) is 5.82. The molecule has 5 nitrogen and oxygen atoms in total. The summed E-state index contributed by atoms with van der Waals surface area (Å²) in [6.45, 7) is 6.65. The molecule has 0 bridgehead atoms. The molecule has 5 heteroatoms. The fourth-order valence-corrected chi connectivity index (χ4v) is 2.71. The highest BCUT2D eigenvalue weighted by Crippen LogP contribution is 2.63. The summed E-state index contributed by atoms with van der Waals surface area (Å²) < 4.78 is 10.8. The van der Waals surface area contributed by atoms with Gasteiger partial charge in [0.25, 0.3) is 0 Å². The maximum absolute atomic E-state index is 9.14. The van der Waals surface area contributed by atoms with E-state index in [0.717, 1.165) is 11.3 Å². The minimum atomic E-state index is -0.0915. The largest absolute Gasteiger partial charge is 0.494 e. The Bertz CT molecular complexity index is 700. The zero-order valence-electron chi connectivity index (χ0n) is 12.3. The molecule has 1 aromatic heterocycles. The van der Waals surface area contributed by atoms with Crippen LogP contribution in [0.1, 0.15) is 32.6 Å². The summed E-state index contributed by atoms with van der Waals surface area (Å²) in [4.78, 5) is 4.45. The first kappa shape index (κ1) is 13.6. The molecule has 2 unspecified atom stereocenters. The van der Waals surface area contributed by atoms with Crippen LogP contribution in [0.15, 0.2) is 28.8 Å². The second kappa shape index (κ2) is 4.88. The van der Waals surface area contributed by atoms with E-state index in [1.54, 1.807) is 0 Å². The van der Waals surface area contributed by atoms with Crippen LogP contribution in [-0.2, 0) is 0 Å². The van der Waals surface area contributed by atoms with Crippen LogP contribution in [0.25, 0.3) is 11.4 Å². The van der Waals surface area contributed by atoms with Crippen molar-refractivity contribution in [2.45, 2.75) is 26.7 Å². The maximum Gasteiger partial charge on any atom is 0.232 e. The van der Waals surface area contributed by atoms with Crippen molar-refractivity contribution in [2.24, 2.45) is 11.3 Å². The molecule has 0 spiro atoms. The summed E-state index contributed by atoms with van der Waals surface area (Å²) in [7, 11) is 0. The summed E-state index contributed by atoms with van der Waals surface area (Å²) in [6, 6.07) is 9.90. The summed E-state index contributed by atoms with van der Waals surface area (Å²) in [6.07, 6.45) is 0. The third-order valence-electron chi connectivity index (χ3n) is 4.08. The number of aromatic nitrogens is 2. The van der Waals surface area contributed by atoms with E-state index < -0.39 is 0 Å². The van der Waals surface area contributed by atoms with Crippen molar-refractivity contribution in [3.05, 3.63) is 30.2 Å². The summed E-state index contributed by atoms with van der Waals surface area (Å²) in [5.74, 6) is 1.83. The zero-order chi connectivity index (χ0) is 15.0. The number of nitrogens with zero attached hydrogens (tertiary/aromatic N) is 3. The van der Waals surface area contributed by atoms with Crippen molar-refractivity contribution in [1.82, 2.24) is 10.1 Å². The van der Waals surface area contributed by atoms with Crippen LogP contribution in [-0.4, -0.2) is 16.7 Å². The van der Waals surface area contributed by atoms with Gasteiger partial charge in [0, 0.05) is 5.56 Å². The number of benzene rings is 1. The van der Waals surface area contributed by atoms with Gasteiger partial charge in [0.05, 0.1) is 24.5 Å². The Kier molecular flexibility index (Phi) is 3.17. The predicted octanol–water partition coefficient (Wildman–Crippen LogP) is 3.40. The molecular weight excluding hydrogens is 266 g/mol. The van der Waals surface area contributed by atoms with Crippen molar-refractivity contribution in [3.8, 4) is 23.2 Å². The van der Waals surface area contributed by atoms with E-state index in [2.05, 4.69) is 16.2 Å². The van der Waals surface area contributed by atoms with E-state index in [1.165, 1.54) is 0 Å². The van der Waals surface area contributed by atoms with Crippen LogP contribution in [0, 0.1) is 22.7 Å². The highest BCUT2D eigenvalue weighted by Gasteiger charge is 2.62. The van der Waals surface area contributed by atoms with Crippen LogP contribution in [0.3, 0.4) is 0 Å². The first-order valence-electron chi connectivity index (χ1n) is 7.04. The van der Waals surface area contributed by atoms with Crippen molar-refractivity contribution < 1.29 is 9.26 Å². The van der Waals surface area contributed by atoms with Crippen LogP contribution < -0.4 is 4.74 Å². The average molecular weight is 283 g/mol. The number of rotatable bonds is 4. The average Bonchev–Trinajstić information content (AvgIpc) is 2.83. The van der Waals surface area contributed by atoms with Gasteiger partial charge in [-0.1, -0.05) is 31.1 Å². The van der Waals surface area contributed by atoms with Gasteiger partial charge >= 0.3 is 0 Å². The Labute approximate surface area is 123 Å². The Hall–Kier alpha value is -2.35. The Balaban J connectivity index is 1.86. The molecule has 0 radical (unpaired) electrons. The Morgan fingerprint density at radius 2 is 2.24 bits per heavy atom. The SMILES string of the molecule is CCOc1cccc(-c2noc(C3C(C#N)C3(C)C)n2)c1. The van der Waals surface area contributed by atoms with Crippen molar-refractivity contribution in [1.29, 1.82) is 5.26 Å². The second-order valence-corrected chi connectivity index (χ2v) is 5.82. The molecule has 1 aliphatic carbocycles.